The summed E-state index contributed by atoms with van der Waals surface area (Å²) >= 11 is 0. The molecule has 2 N–H and O–H groups in total. The van der Waals surface area contributed by atoms with Crippen molar-refractivity contribution in [2.45, 2.75) is 33.3 Å². The lowest BCUT2D eigenvalue weighted by molar-refractivity contribution is 0.0142. The van der Waals surface area contributed by atoms with Crippen LogP contribution in [0.25, 0.3) is 5.69 Å². The molecule has 1 atom stereocenters. The summed E-state index contributed by atoms with van der Waals surface area (Å²) in [6.07, 6.45) is 1.72. The molecule has 0 bridgehead atoms. The summed E-state index contributed by atoms with van der Waals surface area (Å²) < 4.78 is 6.96. The van der Waals surface area contributed by atoms with Crippen LogP contribution >= 0.6 is 0 Å². The van der Waals surface area contributed by atoms with Gasteiger partial charge < -0.3 is 15.2 Å². The van der Waals surface area contributed by atoms with Crippen molar-refractivity contribution in [3.63, 3.8) is 0 Å². The standard InChI is InChI=1S/C18H25N3O3/c1-12(2)18(4,23)11-19-17(22)14-8-9-21(20-14)15-10-13(3)6-7-16(15)24-5/h6-10,12,23H,11H2,1-5H3,(H,19,22). The van der Waals surface area contributed by atoms with E-state index in [1.54, 1.807) is 31.0 Å². The molecule has 1 unspecified atom stereocenters. The molecule has 0 radical (unpaired) electrons. The quantitative estimate of drug-likeness (QED) is 0.852. The monoisotopic (exact) mass is 331 g/mol. The number of amides is 1. The summed E-state index contributed by atoms with van der Waals surface area (Å²) in [5.74, 6) is 0.395. The Hall–Kier alpha value is -2.34. The van der Waals surface area contributed by atoms with E-state index in [2.05, 4.69) is 10.4 Å². The molecule has 1 amide bonds. The van der Waals surface area contributed by atoms with Crippen LogP contribution in [0.5, 0.6) is 5.75 Å². The first-order valence-electron chi connectivity index (χ1n) is 7.96. The largest absolute Gasteiger partial charge is 0.494 e. The summed E-state index contributed by atoms with van der Waals surface area (Å²) in [4.78, 5) is 12.3. The van der Waals surface area contributed by atoms with Gasteiger partial charge >= 0.3 is 0 Å². The van der Waals surface area contributed by atoms with Crippen molar-refractivity contribution in [1.82, 2.24) is 15.1 Å². The van der Waals surface area contributed by atoms with Crippen LogP contribution in [0.4, 0.5) is 0 Å². The number of aliphatic hydroxyl groups is 1. The van der Waals surface area contributed by atoms with E-state index in [4.69, 9.17) is 4.74 Å². The fourth-order valence-corrected chi connectivity index (χ4v) is 2.11. The highest BCUT2D eigenvalue weighted by molar-refractivity contribution is 5.92. The fourth-order valence-electron chi connectivity index (χ4n) is 2.11. The molecule has 1 heterocycles. The molecule has 6 heteroatoms. The normalized spacial score (nSPS) is 13.6. The number of carbonyl (C=O) groups is 1. The summed E-state index contributed by atoms with van der Waals surface area (Å²) in [5.41, 5.74) is 1.17. The third-order valence-electron chi connectivity index (χ3n) is 4.25. The molecule has 130 valence electrons. The van der Waals surface area contributed by atoms with Crippen molar-refractivity contribution in [3.8, 4) is 11.4 Å². The molecular formula is C18H25N3O3. The van der Waals surface area contributed by atoms with Gasteiger partial charge in [-0.1, -0.05) is 19.9 Å². The summed E-state index contributed by atoms with van der Waals surface area (Å²) in [7, 11) is 1.60. The minimum absolute atomic E-state index is 0.0342. The Labute approximate surface area is 142 Å². The zero-order valence-corrected chi connectivity index (χ0v) is 14.8. The van der Waals surface area contributed by atoms with Gasteiger partial charge in [0.2, 0.25) is 0 Å². The Bertz CT molecular complexity index is 720. The van der Waals surface area contributed by atoms with E-state index in [-0.39, 0.29) is 24.1 Å². The molecule has 0 fully saturated rings. The number of rotatable bonds is 6. The van der Waals surface area contributed by atoms with Crippen LogP contribution in [-0.4, -0.2) is 40.0 Å². The zero-order valence-electron chi connectivity index (χ0n) is 14.8. The van der Waals surface area contributed by atoms with Gasteiger partial charge in [-0.2, -0.15) is 5.10 Å². The number of benzene rings is 1. The molecule has 6 nitrogen and oxygen atoms in total. The first-order chi connectivity index (χ1) is 11.2. The van der Waals surface area contributed by atoms with Crippen molar-refractivity contribution in [1.29, 1.82) is 0 Å². The van der Waals surface area contributed by atoms with E-state index in [0.29, 0.717) is 5.75 Å². The minimum Gasteiger partial charge on any atom is -0.494 e. The molecule has 1 aromatic carbocycles. The second kappa shape index (κ2) is 7.05. The van der Waals surface area contributed by atoms with Crippen LogP contribution in [-0.2, 0) is 0 Å². The summed E-state index contributed by atoms with van der Waals surface area (Å²) in [6, 6.07) is 7.40. The molecule has 2 aromatic rings. The predicted octanol–water partition coefficient (Wildman–Crippen LogP) is 2.33. The van der Waals surface area contributed by atoms with Crippen LogP contribution in [0.2, 0.25) is 0 Å². The van der Waals surface area contributed by atoms with Gasteiger partial charge in [-0.05, 0) is 43.5 Å². The van der Waals surface area contributed by atoms with Gasteiger partial charge in [-0.15, -0.1) is 0 Å². The number of aryl methyl sites for hydroxylation is 1. The maximum Gasteiger partial charge on any atom is 0.271 e. The number of methoxy groups -OCH3 is 1. The van der Waals surface area contributed by atoms with Crippen molar-refractivity contribution >= 4 is 5.91 Å². The van der Waals surface area contributed by atoms with Gasteiger partial charge in [0, 0.05) is 12.7 Å². The number of aromatic nitrogens is 2. The molecule has 1 aromatic heterocycles. The highest BCUT2D eigenvalue weighted by Crippen LogP contribution is 2.23. The van der Waals surface area contributed by atoms with Crippen LogP contribution < -0.4 is 10.1 Å². The van der Waals surface area contributed by atoms with E-state index in [0.717, 1.165) is 11.3 Å². The molecular weight excluding hydrogens is 306 g/mol. The van der Waals surface area contributed by atoms with Gasteiger partial charge in [-0.25, -0.2) is 4.68 Å². The second-order valence-corrected chi connectivity index (χ2v) is 6.52. The molecule has 0 aliphatic carbocycles. The lowest BCUT2D eigenvalue weighted by Crippen LogP contribution is -2.44. The fraction of sp³-hybridized carbons (Fsp3) is 0.444. The Morgan fingerprint density at radius 1 is 1.42 bits per heavy atom. The van der Waals surface area contributed by atoms with Crippen molar-refractivity contribution in [3.05, 3.63) is 41.7 Å². The number of nitrogens with zero attached hydrogens (tertiary/aromatic N) is 2. The van der Waals surface area contributed by atoms with Gasteiger partial charge in [0.1, 0.15) is 11.4 Å². The van der Waals surface area contributed by atoms with Gasteiger partial charge in [-0.3, -0.25) is 4.79 Å². The Morgan fingerprint density at radius 2 is 2.12 bits per heavy atom. The van der Waals surface area contributed by atoms with E-state index in [9.17, 15) is 9.90 Å². The number of hydrogen-bond acceptors (Lipinski definition) is 4. The molecule has 0 aliphatic rings. The van der Waals surface area contributed by atoms with Crippen LogP contribution in [0.15, 0.2) is 30.5 Å². The number of hydrogen-bond donors (Lipinski definition) is 2. The van der Waals surface area contributed by atoms with Crippen molar-refractivity contribution < 1.29 is 14.6 Å². The minimum atomic E-state index is -0.960. The van der Waals surface area contributed by atoms with Crippen LogP contribution in [0.3, 0.4) is 0 Å². The molecule has 0 saturated heterocycles. The first-order valence-corrected chi connectivity index (χ1v) is 7.96. The third-order valence-corrected chi connectivity index (χ3v) is 4.25. The van der Waals surface area contributed by atoms with Crippen molar-refractivity contribution in [2.75, 3.05) is 13.7 Å². The molecule has 0 saturated carbocycles. The smallest absolute Gasteiger partial charge is 0.271 e. The van der Waals surface area contributed by atoms with Crippen LogP contribution in [0.1, 0.15) is 36.8 Å². The number of carbonyl (C=O) groups excluding carboxylic acids is 1. The Kier molecular flexibility index (Phi) is 5.29. The first kappa shape index (κ1) is 18.0. The van der Waals surface area contributed by atoms with Crippen LogP contribution in [0, 0.1) is 12.8 Å². The highest BCUT2D eigenvalue weighted by Gasteiger charge is 2.26. The number of ether oxygens (including phenoxy) is 1. The average molecular weight is 331 g/mol. The third kappa shape index (κ3) is 3.94. The molecule has 24 heavy (non-hydrogen) atoms. The molecule has 2 rings (SSSR count). The molecule has 0 aliphatic heterocycles. The number of nitrogens with one attached hydrogen (secondary N) is 1. The van der Waals surface area contributed by atoms with Crippen molar-refractivity contribution in [2.24, 2.45) is 5.92 Å². The zero-order chi connectivity index (χ0) is 17.9. The second-order valence-electron chi connectivity index (χ2n) is 6.52. The maximum absolute atomic E-state index is 12.3. The Balaban J connectivity index is 2.16. The van der Waals surface area contributed by atoms with Gasteiger partial charge in [0.05, 0.1) is 12.7 Å². The van der Waals surface area contributed by atoms with Gasteiger partial charge in [0.25, 0.3) is 5.91 Å². The van der Waals surface area contributed by atoms with E-state index in [1.807, 2.05) is 39.0 Å². The summed E-state index contributed by atoms with van der Waals surface area (Å²) in [5, 5.41) is 17.3. The SMILES string of the molecule is COc1ccc(C)cc1-n1ccc(C(=O)NCC(C)(O)C(C)C)n1. The topological polar surface area (TPSA) is 76.4 Å². The highest BCUT2D eigenvalue weighted by atomic mass is 16.5. The lowest BCUT2D eigenvalue weighted by atomic mass is 9.92. The average Bonchev–Trinajstić information content (AvgIpc) is 3.02. The molecule has 0 spiro atoms. The maximum atomic E-state index is 12.3. The predicted molar refractivity (Wildman–Crippen MR) is 92.6 cm³/mol. The van der Waals surface area contributed by atoms with E-state index in [1.165, 1.54) is 0 Å². The lowest BCUT2D eigenvalue weighted by Gasteiger charge is -2.27. The van der Waals surface area contributed by atoms with E-state index < -0.39 is 5.60 Å². The Morgan fingerprint density at radius 3 is 2.75 bits per heavy atom. The summed E-state index contributed by atoms with van der Waals surface area (Å²) in [6.45, 7) is 7.67. The van der Waals surface area contributed by atoms with E-state index >= 15 is 0 Å². The van der Waals surface area contributed by atoms with Gasteiger partial charge in [0.15, 0.2) is 5.69 Å².